The largest absolute Gasteiger partial charge is 0.381 e. The molecule has 0 saturated heterocycles. The monoisotopic (exact) mass is 305 g/mol. The van der Waals surface area contributed by atoms with E-state index in [0.717, 1.165) is 17.4 Å². The standard InChI is InChI=1S/C14H28BrNO/c1-4-12(5-2)16(10-9-15)13-7-6-8-14(11-13)17-3/h12-14H,4-11H2,1-3H3. The van der Waals surface area contributed by atoms with E-state index in [1.165, 1.54) is 45.1 Å². The van der Waals surface area contributed by atoms with Crippen LogP contribution in [0.25, 0.3) is 0 Å². The molecule has 2 atom stereocenters. The fourth-order valence-electron chi connectivity index (χ4n) is 3.15. The molecule has 0 heterocycles. The Morgan fingerprint density at radius 1 is 1.29 bits per heavy atom. The van der Waals surface area contributed by atoms with E-state index in [2.05, 4.69) is 34.7 Å². The first-order chi connectivity index (χ1) is 8.26. The van der Waals surface area contributed by atoms with E-state index in [0.29, 0.717) is 6.10 Å². The van der Waals surface area contributed by atoms with Gasteiger partial charge in [0.15, 0.2) is 0 Å². The molecule has 0 bridgehead atoms. The zero-order valence-corrected chi connectivity index (χ0v) is 13.2. The predicted molar refractivity (Wildman–Crippen MR) is 77.9 cm³/mol. The van der Waals surface area contributed by atoms with E-state index in [-0.39, 0.29) is 0 Å². The maximum absolute atomic E-state index is 5.56. The third-order valence-corrected chi connectivity index (χ3v) is 4.51. The van der Waals surface area contributed by atoms with Crippen molar-refractivity contribution in [1.29, 1.82) is 0 Å². The highest BCUT2D eigenvalue weighted by Gasteiger charge is 2.29. The summed E-state index contributed by atoms with van der Waals surface area (Å²) in [5.41, 5.74) is 0. The molecule has 102 valence electrons. The first-order valence-electron chi connectivity index (χ1n) is 7.11. The van der Waals surface area contributed by atoms with Crippen molar-refractivity contribution in [2.45, 2.75) is 70.6 Å². The molecule has 1 aliphatic rings. The molecule has 2 nitrogen and oxygen atoms in total. The molecular formula is C14H28BrNO. The second kappa shape index (κ2) is 8.49. The van der Waals surface area contributed by atoms with Gasteiger partial charge in [0.05, 0.1) is 6.10 Å². The van der Waals surface area contributed by atoms with Gasteiger partial charge in [-0.25, -0.2) is 0 Å². The summed E-state index contributed by atoms with van der Waals surface area (Å²) in [6.45, 7) is 5.80. The fourth-order valence-corrected chi connectivity index (χ4v) is 3.56. The van der Waals surface area contributed by atoms with Crippen LogP contribution in [-0.4, -0.2) is 42.1 Å². The van der Waals surface area contributed by atoms with Gasteiger partial charge in [0, 0.05) is 31.1 Å². The SMILES string of the molecule is CCC(CC)N(CCBr)C1CCCC(OC)C1. The van der Waals surface area contributed by atoms with Crippen molar-refractivity contribution in [2.75, 3.05) is 19.0 Å². The van der Waals surface area contributed by atoms with Gasteiger partial charge in [-0.3, -0.25) is 4.90 Å². The molecule has 0 aromatic rings. The highest BCUT2D eigenvalue weighted by Crippen LogP contribution is 2.27. The molecule has 2 unspecified atom stereocenters. The minimum Gasteiger partial charge on any atom is -0.381 e. The molecule has 0 amide bonds. The number of rotatable bonds is 7. The average Bonchev–Trinajstić information content (AvgIpc) is 2.39. The first kappa shape index (κ1) is 15.5. The molecule has 0 aromatic heterocycles. The number of hydrogen-bond donors (Lipinski definition) is 0. The second-order valence-electron chi connectivity index (χ2n) is 5.08. The minimum atomic E-state index is 0.487. The van der Waals surface area contributed by atoms with Gasteiger partial charge in [0.2, 0.25) is 0 Å². The summed E-state index contributed by atoms with van der Waals surface area (Å²) < 4.78 is 5.56. The van der Waals surface area contributed by atoms with Crippen LogP contribution >= 0.6 is 15.9 Å². The quantitative estimate of drug-likeness (QED) is 0.663. The fraction of sp³-hybridized carbons (Fsp3) is 1.00. The van der Waals surface area contributed by atoms with Crippen molar-refractivity contribution in [3.63, 3.8) is 0 Å². The molecule has 1 fully saturated rings. The van der Waals surface area contributed by atoms with Gasteiger partial charge in [-0.05, 0) is 38.5 Å². The summed E-state index contributed by atoms with van der Waals surface area (Å²) in [6, 6.07) is 1.48. The molecule has 1 saturated carbocycles. The van der Waals surface area contributed by atoms with E-state index in [4.69, 9.17) is 4.74 Å². The smallest absolute Gasteiger partial charge is 0.0586 e. The Labute approximate surface area is 115 Å². The van der Waals surface area contributed by atoms with Crippen LogP contribution in [-0.2, 0) is 4.74 Å². The Bertz CT molecular complexity index is 197. The van der Waals surface area contributed by atoms with Crippen molar-refractivity contribution >= 4 is 15.9 Å². The maximum Gasteiger partial charge on any atom is 0.0586 e. The Morgan fingerprint density at radius 2 is 2.00 bits per heavy atom. The number of ether oxygens (including phenoxy) is 1. The van der Waals surface area contributed by atoms with Crippen LogP contribution in [0.1, 0.15) is 52.4 Å². The topological polar surface area (TPSA) is 12.5 Å². The van der Waals surface area contributed by atoms with Crippen molar-refractivity contribution in [1.82, 2.24) is 4.90 Å². The van der Waals surface area contributed by atoms with Crippen LogP contribution in [0.15, 0.2) is 0 Å². The Hall–Kier alpha value is 0.400. The van der Waals surface area contributed by atoms with Crippen molar-refractivity contribution in [2.24, 2.45) is 0 Å². The molecule has 0 aromatic carbocycles. The summed E-state index contributed by atoms with van der Waals surface area (Å²) in [4.78, 5) is 2.72. The van der Waals surface area contributed by atoms with Gasteiger partial charge in [-0.2, -0.15) is 0 Å². The number of nitrogens with zero attached hydrogens (tertiary/aromatic N) is 1. The summed E-state index contributed by atoms with van der Waals surface area (Å²) in [7, 11) is 1.86. The molecule has 17 heavy (non-hydrogen) atoms. The predicted octanol–water partition coefficient (Wildman–Crippen LogP) is 3.83. The summed E-state index contributed by atoms with van der Waals surface area (Å²) in [6.07, 6.45) is 8.15. The lowest BCUT2D eigenvalue weighted by Crippen LogP contribution is -2.47. The van der Waals surface area contributed by atoms with Crippen LogP contribution in [0, 0.1) is 0 Å². The maximum atomic E-state index is 5.56. The number of methoxy groups -OCH3 is 1. The van der Waals surface area contributed by atoms with E-state index in [9.17, 15) is 0 Å². The molecule has 1 rings (SSSR count). The minimum absolute atomic E-state index is 0.487. The van der Waals surface area contributed by atoms with Gasteiger partial charge >= 0.3 is 0 Å². The summed E-state index contributed by atoms with van der Waals surface area (Å²) >= 11 is 3.60. The van der Waals surface area contributed by atoms with Crippen molar-refractivity contribution in [3.8, 4) is 0 Å². The zero-order valence-electron chi connectivity index (χ0n) is 11.6. The van der Waals surface area contributed by atoms with Gasteiger partial charge in [0.25, 0.3) is 0 Å². The Morgan fingerprint density at radius 3 is 2.53 bits per heavy atom. The van der Waals surface area contributed by atoms with Crippen LogP contribution in [0.2, 0.25) is 0 Å². The zero-order chi connectivity index (χ0) is 12.7. The van der Waals surface area contributed by atoms with Crippen LogP contribution in [0.5, 0.6) is 0 Å². The second-order valence-corrected chi connectivity index (χ2v) is 5.87. The van der Waals surface area contributed by atoms with Crippen molar-refractivity contribution < 1.29 is 4.74 Å². The third-order valence-electron chi connectivity index (χ3n) is 4.15. The van der Waals surface area contributed by atoms with Gasteiger partial charge in [-0.15, -0.1) is 0 Å². The molecular weight excluding hydrogens is 278 g/mol. The average molecular weight is 306 g/mol. The van der Waals surface area contributed by atoms with Crippen LogP contribution < -0.4 is 0 Å². The van der Waals surface area contributed by atoms with Crippen molar-refractivity contribution in [3.05, 3.63) is 0 Å². The number of alkyl halides is 1. The van der Waals surface area contributed by atoms with E-state index >= 15 is 0 Å². The van der Waals surface area contributed by atoms with E-state index < -0.39 is 0 Å². The van der Waals surface area contributed by atoms with Gasteiger partial charge in [-0.1, -0.05) is 29.8 Å². The normalized spacial score (nSPS) is 25.8. The molecule has 3 heteroatoms. The van der Waals surface area contributed by atoms with E-state index in [1.807, 2.05) is 7.11 Å². The molecule has 0 radical (unpaired) electrons. The number of halogens is 1. The van der Waals surface area contributed by atoms with E-state index in [1.54, 1.807) is 0 Å². The number of hydrogen-bond acceptors (Lipinski definition) is 2. The molecule has 1 aliphatic carbocycles. The van der Waals surface area contributed by atoms with Crippen LogP contribution in [0.4, 0.5) is 0 Å². The lowest BCUT2D eigenvalue weighted by atomic mass is 9.90. The molecule has 0 spiro atoms. The molecule has 0 aliphatic heterocycles. The highest BCUT2D eigenvalue weighted by atomic mass is 79.9. The Kier molecular flexibility index (Phi) is 7.72. The lowest BCUT2D eigenvalue weighted by molar-refractivity contribution is 0.0151. The summed E-state index contributed by atoms with van der Waals surface area (Å²) in [5, 5.41) is 1.08. The highest BCUT2D eigenvalue weighted by molar-refractivity contribution is 9.09. The van der Waals surface area contributed by atoms with Gasteiger partial charge < -0.3 is 4.74 Å². The Balaban J connectivity index is 2.61. The first-order valence-corrected chi connectivity index (χ1v) is 8.23. The lowest BCUT2D eigenvalue weighted by Gasteiger charge is -2.41. The summed E-state index contributed by atoms with van der Waals surface area (Å²) in [5.74, 6) is 0. The third kappa shape index (κ3) is 4.53. The molecule has 0 N–H and O–H groups in total. The van der Waals surface area contributed by atoms with Crippen LogP contribution in [0.3, 0.4) is 0 Å². The van der Waals surface area contributed by atoms with Gasteiger partial charge in [0.1, 0.15) is 0 Å².